The maximum atomic E-state index is 12.7. The second-order valence-electron chi connectivity index (χ2n) is 7.69. The highest BCUT2D eigenvalue weighted by atomic mass is 35.5. The fourth-order valence-corrected chi connectivity index (χ4v) is 3.93. The summed E-state index contributed by atoms with van der Waals surface area (Å²) in [6.07, 6.45) is 5.18. The van der Waals surface area contributed by atoms with E-state index in [1.54, 1.807) is 18.2 Å². The number of amides is 2. The maximum absolute atomic E-state index is 12.7. The van der Waals surface area contributed by atoms with Crippen LogP contribution in [0.25, 0.3) is 6.08 Å². The molecule has 0 aromatic heterocycles. The third-order valence-corrected chi connectivity index (χ3v) is 5.66. The largest absolute Gasteiger partial charge is 0.467 e. The summed E-state index contributed by atoms with van der Waals surface area (Å²) in [6, 6.07) is 15.7. The number of nitrogens with zero attached hydrogens (tertiary/aromatic N) is 1. The Bertz CT molecular complexity index is 957. The molecule has 1 spiro atoms. The first-order valence-corrected chi connectivity index (χ1v) is 10.1. The summed E-state index contributed by atoms with van der Waals surface area (Å²) in [5.41, 5.74) is 3.31. The SMILES string of the molecule is Cl.O=C(/C=C/c1ccc2c(c1)C(=O)NC1(CCN(CCc3ccccc3)CC1)O2)NO. The van der Waals surface area contributed by atoms with Crippen LogP contribution in [-0.4, -0.2) is 47.3 Å². The molecule has 1 fully saturated rings. The number of piperidine rings is 1. The normalized spacial score (nSPS) is 17.4. The average Bonchev–Trinajstić information content (AvgIpc) is 2.78. The lowest BCUT2D eigenvalue weighted by Crippen LogP contribution is -2.61. The molecule has 31 heavy (non-hydrogen) atoms. The van der Waals surface area contributed by atoms with Crippen LogP contribution in [-0.2, 0) is 11.2 Å². The van der Waals surface area contributed by atoms with E-state index in [4.69, 9.17) is 9.94 Å². The standard InChI is InChI=1S/C23H25N3O4.ClH/c27-21(25-29)9-7-18-6-8-20-19(16-18)22(28)24-23(30-20)11-14-26(15-12-23)13-10-17-4-2-1-3-5-17;/h1-9,16,29H,10-15H2,(H,24,28)(H,25,27);1H/b9-7+;. The Hall–Kier alpha value is -2.87. The molecule has 2 aliphatic rings. The van der Waals surface area contributed by atoms with E-state index in [2.05, 4.69) is 34.5 Å². The smallest absolute Gasteiger partial charge is 0.267 e. The first-order valence-electron chi connectivity index (χ1n) is 10.1. The van der Waals surface area contributed by atoms with E-state index in [-0.39, 0.29) is 18.3 Å². The van der Waals surface area contributed by atoms with Gasteiger partial charge in [-0.2, -0.15) is 0 Å². The molecule has 2 amide bonds. The molecule has 0 unspecified atom stereocenters. The van der Waals surface area contributed by atoms with E-state index in [1.165, 1.54) is 23.2 Å². The molecule has 2 aliphatic heterocycles. The van der Waals surface area contributed by atoms with E-state index in [9.17, 15) is 9.59 Å². The summed E-state index contributed by atoms with van der Waals surface area (Å²) in [6.45, 7) is 2.71. The highest BCUT2D eigenvalue weighted by molar-refractivity contribution is 5.99. The zero-order valence-corrected chi connectivity index (χ0v) is 17.9. The van der Waals surface area contributed by atoms with Crippen molar-refractivity contribution < 1.29 is 19.5 Å². The Kier molecular flexibility index (Phi) is 7.33. The van der Waals surface area contributed by atoms with E-state index in [0.717, 1.165) is 38.9 Å². The Morgan fingerprint density at radius 1 is 1.19 bits per heavy atom. The lowest BCUT2D eigenvalue weighted by Gasteiger charge is -2.44. The summed E-state index contributed by atoms with van der Waals surface area (Å²) >= 11 is 0. The van der Waals surface area contributed by atoms with Gasteiger partial charge in [-0.25, -0.2) is 5.48 Å². The van der Waals surface area contributed by atoms with Gasteiger partial charge in [0, 0.05) is 38.6 Å². The molecular weight excluding hydrogens is 418 g/mol. The van der Waals surface area contributed by atoms with E-state index in [0.29, 0.717) is 16.9 Å². The number of ether oxygens (including phenoxy) is 1. The quantitative estimate of drug-likeness (QED) is 0.375. The topological polar surface area (TPSA) is 90.9 Å². The van der Waals surface area contributed by atoms with Gasteiger partial charge in [0.15, 0.2) is 5.72 Å². The van der Waals surface area contributed by atoms with Crippen molar-refractivity contribution in [2.45, 2.75) is 25.0 Å². The van der Waals surface area contributed by atoms with Gasteiger partial charge >= 0.3 is 0 Å². The number of carbonyl (C=O) groups is 2. The molecule has 0 atom stereocenters. The minimum atomic E-state index is -0.665. The number of nitrogens with one attached hydrogen (secondary N) is 2. The van der Waals surface area contributed by atoms with Crippen LogP contribution in [0.1, 0.15) is 34.3 Å². The van der Waals surface area contributed by atoms with Crippen molar-refractivity contribution in [3.63, 3.8) is 0 Å². The minimum absolute atomic E-state index is 0. The van der Waals surface area contributed by atoms with Gasteiger partial charge in [-0.1, -0.05) is 36.4 Å². The van der Waals surface area contributed by atoms with Crippen LogP contribution in [0.5, 0.6) is 5.75 Å². The average molecular weight is 444 g/mol. The van der Waals surface area contributed by atoms with E-state index in [1.807, 2.05) is 6.07 Å². The maximum Gasteiger partial charge on any atom is 0.267 e. The van der Waals surface area contributed by atoms with Crippen molar-refractivity contribution in [2.75, 3.05) is 19.6 Å². The first kappa shape index (κ1) is 22.8. The van der Waals surface area contributed by atoms with Gasteiger partial charge in [0.2, 0.25) is 0 Å². The van der Waals surface area contributed by atoms with Crippen LogP contribution in [0.15, 0.2) is 54.6 Å². The molecular formula is C23H26ClN3O4. The molecule has 0 aliphatic carbocycles. The van der Waals surface area contributed by atoms with Crippen LogP contribution in [0.3, 0.4) is 0 Å². The Morgan fingerprint density at radius 2 is 1.94 bits per heavy atom. The molecule has 3 N–H and O–H groups in total. The zero-order valence-electron chi connectivity index (χ0n) is 17.0. The van der Waals surface area contributed by atoms with Crippen molar-refractivity contribution >= 4 is 30.3 Å². The van der Waals surface area contributed by atoms with Crippen molar-refractivity contribution in [2.24, 2.45) is 0 Å². The molecule has 164 valence electrons. The lowest BCUT2D eigenvalue weighted by molar-refractivity contribution is -0.124. The highest BCUT2D eigenvalue weighted by Gasteiger charge is 2.42. The minimum Gasteiger partial charge on any atom is -0.467 e. The molecule has 2 aromatic carbocycles. The monoisotopic (exact) mass is 443 g/mol. The molecule has 2 heterocycles. The molecule has 1 saturated heterocycles. The molecule has 4 rings (SSSR count). The van der Waals surface area contributed by atoms with Crippen molar-refractivity contribution in [3.8, 4) is 5.75 Å². The van der Waals surface area contributed by atoms with Gasteiger partial charge in [-0.05, 0) is 35.8 Å². The Balaban J connectivity index is 0.00000272. The van der Waals surface area contributed by atoms with Crippen LogP contribution in [0.4, 0.5) is 0 Å². The third-order valence-electron chi connectivity index (χ3n) is 5.66. The molecule has 0 bridgehead atoms. The van der Waals surface area contributed by atoms with Gasteiger partial charge in [-0.15, -0.1) is 12.4 Å². The van der Waals surface area contributed by atoms with Crippen molar-refractivity contribution in [1.29, 1.82) is 0 Å². The van der Waals surface area contributed by atoms with Gasteiger partial charge in [0.25, 0.3) is 11.8 Å². The number of halogens is 1. The summed E-state index contributed by atoms with van der Waals surface area (Å²) < 4.78 is 6.24. The predicted molar refractivity (Wildman–Crippen MR) is 119 cm³/mol. The number of hydrogen-bond acceptors (Lipinski definition) is 5. The van der Waals surface area contributed by atoms with Gasteiger partial charge in [0.1, 0.15) is 5.75 Å². The molecule has 7 nitrogen and oxygen atoms in total. The Labute approximate surface area is 187 Å². The predicted octanol–water partition coefficient (Wildman–Crippen LogP) is 2.78. The van der Waals surface area contributed by atoms with Gasteiger partial charge in [-0.3, -0.25) is 14.8 Å². The summed E-state index contributed by atoms with van der Waals surface area (Å²) in [5.74, 6) is -0.248. The summed E-state index contributed by atoms with van der Waals surface area (Å²) in [4.78, 5) is 26.3. The van der Waals surface area contributed by atoms with Crippen LogP contribution >= 0.6 is 12.4 Å². The third kappa shape index (κ3) is 5.44. The fraction of sp³-hybridized carbons (Fsp3) is 0.304. The number of hydrogen-bond donors (Lipinski definition) is 3. The van der Waals surface area contributed by atoms with Gasteiger partial charge in [0.05, 0.1) is 5.56 Å². The van der Waals surface area contributed by atoms with Gasteiger partial charge < -0.3 is 15.0 Å². The fourth-order valence-electron chi connectivity index (χ4n) is 3.93. The number of carbonyl (C=O) groups excluding carboxylic acids is 2. The lowest BCUT2D eigenvalue weighted by atomic mass is 9.96. The van der Waals surface area contributed by atoms with E-state index >= 15 is 0 Å². The molecule has 8 heteroatoms. The molecule has 0 saturated carbocycles. The second-order valence-corrected chi connectivity index (χ2v) is 7.69. The number of hydroxylamine groups is 1. The van der Waals surface area contributed by atoms with Crippen LogP contribution < -0.4 is 15.5 Å². The number of rotatable bonds is 5. The van der Waals surface area contributed by atoms with Crippen LogP contribution in [0, 0.1) is 0 Å². The number of fused-ring (bicyclic) bond motifs is 1. The van der Waals surface area contributed by atoms with Crippen LogP contribution in [0.2, 0.25) is 0 Å². The van der Waals surface area contributed by atoms with E-state index < -0.39 is 11.6 Å². The highest BCUT2D eigenvalue weighted by Crippen LogP contribution is 2.34. The molecule has 2 aromatic rings. The zero-order chi connectivity index (χ0) is 21.0. The van der Waals surface area contributed by atoms with Crippen molar-refractivity contribution in [3.05, 3.63) is 71.3 Å². The first-order chi connectivity index (χ1) is 14.6. The molecule has 0 radical (unpaired) electrons. The summed E-state index contributed by atoms with van der Waals surface area (Å²) in [7, 11) is 0. The second kappa shape index (κ2) is 9.96. The number of likely N-dealkylation sites (tertiary alicyclic amines) is 1. The number of benzene rings is 2. The summed E-state index contributed by atoms with van der Waals surface area (Å²) in [5, 5.41) is 11.6. The van der Waals surface area contributed by atoms with Crippen molar-refractivity contribution in [1.82, 2.24) is 15.7 Å². The Morgan fingerprint density at radius 3 is 2.65 bits per heavy atom.